The van der Waals surface area contributed by atoms with E-state index < -0.39 is 11.4 Å². The van der Waals surface area contributed by atoms with Gasteiger partial charge in [-0.15, -0.1) is 0 Å². The summed E-state index contributed by atoms with van der Waals surface area (Å²) < 4.78 is 24.0. The van der Waals surface area contributed by atoms with E-state index in [4.69, 9.17) is 32.7 Å². The standard InChI is InChI=1S/C20H18Cl2FN3O4/c1-20(26-19(28)11-29-13-2-4-15(21)16(23)6-13)7-12(8-20)25-18(27)10-30-14-3-5-17(22)24-9-14/h2-7,9H,8,10-11H2,1H3,(H,25,27)(H,26,28). The fourth-order valence-electron chi connectivity index (χ4n) is 2.79. The van der Waals surface area contributed by atoms with Crippen LogP contribution in [-0.2, 0) is 9.59 Å². The number of ether oxygens (including phenoxy) is 2. The van der Waals surface area contributed by atoms with Crippen LogP contribution >= 0.6 is 23.2 Å². The third kappa shape index (κ3) is 6.08. The van der Waals surface area contributed by atoms with E-state index in [2.05, 4.69) is 15.6 Å². The van der Waals surface area contributed by atoms with Crippen molar-refractivity contribution in [2.75, 3.05) is 13.2 Å². The predicted octanol–water partition coefficient (Wildman–Crippen LogP) is 3.26. The summed E-state index contributed by atoms with van der Waals surface area (Å²) in [5, 5.41) is 5.81. The molecule has 10 heteroatoms. The molecule has 0 saturated heterocycles. The number of hydrogen-bond donors (Lipinski definition) is 2. The molecule has 1 atom stereocenters. The first kappa shape index (κ1) is 21.9. The largest absolute Gasteiger partial charge is 0.484 e. The molecule has 30 heavy (non-hydrogen) atoms. The molecule has 1 heterocycles. The lowest BCUT2D eigenvalue weighted by atomic mass is 9.84. The van der Waals surface area contributed by atoms with E-state index in [-0.39, 0.29) is 35.8 Å². The Hall–Kier alpha value is -2.84. The Morgan fingerprint density at radius 2 is 1.80 bits per heavy atom. The smallest absolute Gasteiger partial charge is 0.262 e. The molecule has 2 amide bonds. The van der Waals surface area contributed by atoms with Gasteiger partial charge >= 0.3 is 0 Å². The number of nitrogens with one attached hydrogen (secondary N) is 2. The van der Waals surface area contributed by atoms with Crippen LogP contribution < -0.4 is 20.1 Å². The third-order valence-corrected chi connectivity index (χ3v) is 4.64. The molecule has 7 nitrogen and oxygen atoms in total. The predicted molar refractivity (Wildman–Crippen MR) is 109 cm³/mol. The lowest BCUT2D eigenvalue weighted by Gasteiger charge is -2.37. The van der Waals surface area contributed by atoms with Crippen LogP contribution in [0.1, 0.15) is 13.3 Å². The van der Waals surface area contributed by atoms with Crippen LogP contribution in [0.2, 0.25) is 10.2 Å². The van der Waals surface area contributed by atoms with Crippen LogP contribution in [0, 0.1) is 5.82 Å². The number of rotatable bonds is 8. The van der Waals surface area contributed by atoms with E-state index in [0.29, 0.717) is 23.0 Å². The first-order valence-electron chi connectivity index (χ1n) is 8.87. The van der Waals surface area contributed by atoms with Crippen molar-refractivity contribution >= 4 is 35.0 Å². The van der Waals surface area contributed by atoms with E-state index in [9.17, 15) is 14.0 Å². The maximum absolute atomic E-state index is 13.4. The molecule has 0 spiro atoms. The Bertz CT molecular complexity index is 985. The van der Waals surface area contributed by atoms with Gasteiger partial charge in [0.15, 0.2) is 13.2 Å². The highest BCUT2D eigenvalue weighted by molar-refractivity contribution is 6.30. The third-order valence-electron chi connectivity index (χ3n) is 4.11. The summed E-state index contributed by atoms with van der Waals surface area (Å²) in [6.45, 7) is 1.34. The van der Waals surface area contributed by atoms with Crippen LogP contribution in [0.4, 0.5) is 4.39 Å². The zero-order valence-corrected chi connectivity index (χ0v) is 17.4. The average molecular weight is 454 g/mol. The zero-order chi connectivity index (χ0) is 21.7. The van der Waals surface area contributed by atoms with Crippen molar-refractivity contribution in [2.24, 2.45) is 0 Å². The second-order valence-corrected chi connectivity index (χ2v) is 7.62. The van der Waals surface area contributed by atoms with Crippen molar-refractivity contribution in [3.05, 3.63) is 64.3 Å². The SMILES string of the molecule is CC1(NC(=O)COc2ccc(Cl)c(F)c2)C=C(NC(=O)COc2ccc(Cl)nc2)C1. The molecular weight excluding hydrogens is 436 g/mol. The Morgan fingerprint density at radius 3 is 2.47 bits per heavy atom. The lowest BCUT2D eigenvalue weighted by molar-refractivity contribution is -0.124. The summed E-state index contributed by atoms with van der Waals surface area (Å²) in [6.07, 6.45) is 3.59. The van der Waals surface area contributed by atoms with E-state index >= 15 is 0 Å². The van der Waals surface area contributed by atoms with Crippen molar-refractivity contribution in [1.82, 2.24) is 15.6 Å². The minimum absolute atomic E-state index is 0.0243. The van der Waals surface area contributed by atoms with Gasteiger partial charge in [-0.1, -0.05) is 23.2 Å². The van der Waals surface area contributed by atoms with E-state index in [0.717, 1.165) is 6.07 Å². The molecule has 158 valence electrons. The van der Waals surface area contributed by atoms with Gasteiger partial charge in [-0.05, 0) is 37.3 Å². The number of amides is 2. The molecule has 0 radical (unpaired) electrons. The fourth-order valence-corrected chi connectivity index (χ4v) is 3.02. The molecule has 0 saturated carbocycles. The maximum Gasteiger partial charge on any atom is 0.262 e. The number of pyridine rings is 1. The number of nitrogens with zero attached hydrogens (tertiary/aromatic N) is 1. The number of carbonyl (C=O) groups is 2. The zero-order valence-electron chi connectivity index (χ0n) is 15.9. The summed E-state index contributed by atoms with van der Waals surface area (Å²) in [4.78, 5) is 27.9. The first-order chi connectivity index (χ1) is 14.2. The van der Waals surface area contributed by atoms with Gasteiger partial charge in [0.1, 0.15) is 22.5 Å². The molecule has 1 aromatic heterocycles. The van der Waals surface area contributed by atoms with E-state index in [1.165, 1.54) is 18.3 Å². The molecule has 3 rings (SSSR count). The summed E-state index contributed by atoms with van der Waals surface area (Å²) in [7, 11) is 0. The summed E-state index contributed by atoms with van der Waals surface area (Å²) >= 11 is 11.3. The van der Waals surface area contributed by atoms with Gasteiger partial charge in [0.05, 0.1) is 16.8 Å². The van der Waals surface area contributed by atoms with Gasteiger partial charge in [-0.25, -0.2) is 9.37 Å². The molecule has 2 aromatic rings. The minimum Gasteiger partial charge on any atom is -0.484 e. The highest BCUT2D eigenvalue weighted by Gasteiger charge is 2.34. The summed E-state index contributed by atoms with van der Waals surface area (Å²) in [5.74, 6) is -0.717. The van der Waals surface area contributed by atoms with Crippen LogP contribution in [-0.4, -0.2) is 35.6 Å². The van der Waals surface area contributed by atoms with Gasteiger partial charge in [0, 0.05) is 18.2 Å². The Morgan fingerprint density at radius 1 is 1.13 bits per heavy atom. The second-order valence-electron chi connectivity index (χ2n) is 6.83. The van der Waals surface area contributed by atoms with Crippen LogP contribution in [0.5, 0.6) is 11.5 Å². The van der Waals surface area contributed by atoms with Gasteiger partial charge in [0.2, 0.25) is 0 Å². The highest BCUT2D eigenvalue weighted by atomic mass is 35.5. The number of hydrogen-bond acceptors (Lipinski definition) is 5. The number of halogens is 3. The van der Waals surface area contributed by atoms with Gasteiger partial charge in [-0.2, -0.15) is 0 Å². The van der Waals surface area contributed by atoms with Crippen LogP contribution in [0.25, 0.3) is 0 Å². The number of carbonyl (C=O) groups excluding carboxylic acids is 2. The van der Waals surface area contributed by atoms with E-state index in [1.54, 1.807) is 25.1 Å². The summed E-state index contributed by atoms with van der Waals surface area (Å²) in [5.41, 5.74) is 0.0521. The molecule has 0 aliphatic heterocycles. The van der Waals surface area contributed by atoms with Crippen LogP contribution in [0.15, 0.2) is 48.3 Å². The molecule has 2 N–H and O–H groups in total. The van der Waals surface area contributed by atoms with Gasteiger partial charge < -0.3 is 20.1 Å². The van der Waals surface area contributed by atoms with Crippen molar-refractivity contribution in [2.45, 2.75) is 18.9 Å². The van der Waals surface area contributed by atoms with Crippen molar-refractivity contribution in [3.63, 3.8) is 0 Å². The maximum atomic E-state index is 13.4. The molecule has 1 unspecified atom stereocenters. The van der Waals surface area contributed by atoms with E-state index in [1.807, 2.05) is 0 Å². The monoisotopic (exact) mass is 453 g/mol. The quantitative estimate of drug-likeness (QED) is 0.598. The minimum atomic E-state index is -0.625. The number of benzene rings is 1. The normalized spacial score (nSPS) is 17.4. The van der Waals surface area contributed by atoms with Crippen molar-refractivity contribution in [1.29, 1.82) is 0 Å². The lowest BCUT2D eigenvalue weighted by Crippen LogP contribution is -2.53. The topological polar surface area (TPSA) is 89.6 Å². The molecule has 0 bridgehead atoms. The second kappa shape index (κ2) is 9.32. The van der Waals surface area contributed by atoms with Crippen molar-refractivity contribution < 1.29 is 23.5 Å². The molecular formula is C20H18Cl2FN3O4. The Balaban J connectivity index is 1.40. The molecule has 1 aliphatic rings. The van der Waals surface area contributed by atoms with Crippen LogP contribution in [0.3, 0.4) is 0 Å². The summed E-state index contributed by atoms with van der Waals surface area (Å²) in [6, 6.07) is 7.10. The first-order valence-corrected chi connectivity index (χ1v) is 9.63. The van der Waals surface area contributed by atoms with Gasteiger partial charge in [-0.3, -0.25) is 9.59 Å². The van der Waals surface area contributed by atoms with Gasteiger partial charge in [0.25, 0.3) is 11.8 Å². The molecule has 1 aromatic carbocycles. The number of aromatic nitrogens is 1. The molecule has 1 aliphatic carbocycles. The average Bonchev–Trinajstić information content (AvgIpc) is 2.67. The Labute approximate surface area is 182 Å². The Kier molecular flexibility index (Phi) is 6.79. The fraction of sp³-hybridized carbons (Fsp3) is 0.250. The molecule has 0 fully saturated rings. The highest BCUT2D eigenvalue weighted by Crippen LogP contribution is 2.28. The van der Waals surface area contributed by atoms with Crippen molar-refractivity contribution in [3.8, 4) is 11.5 Å².